The molecule has 0 radical (unpaired) electrons. The third-order valence-corrected chi connectivity index (χ3v) is 5.71. The quantitative estimate of drug-likeness (QED) is 0.660. The van der Waals surface area contributed by atoms with Gasteiger partial charge in [0.15, 0.2) is 11.5 Å². The zero-order valence-electron chi connectivity index (χ0n) is 16.5. The molecule has 2 aliphatic rings. The summed E-state index contributed by atoms with van der Waals surface area (Å²) in [6, 6.07) is 11.7. The summed E-state index contributed by atoms with van der Waals surface area (Å²) in [5.74, 6) is 3.27. The van der Waals surface area contributed by atoms with Gasteiger partial charge in [0.25, 0.3) is 0 Å². The van der Waals surface area contributed by atoms with E-state index in [-0.39, 0.29) is 5.91 Å². The van der Waals surface area contributed by atoms with Gasteiger partial charge < -0.3 is 14.5 Å². The van der Waals surface area contributed by atoms with Crippen molar-refractivity contribution in [2.24, 2.45) is 0 Å². The standard InChI is InChI=1S/C21H24N6O2/c1-29-17-5-3-2-4-16(17)14-20(28)26-12-10-25(11-13-26)19-9-8-18-22-23-21(15-6-7-15)27(18)24-19/h2-5,8-9,15H,6-7,10-14H2,1H3. The number of rotatable bonds is 5. The smallest absolute Gasteiger partial charge is 0.227 e. The number of amides is 1. The number of carbonyl (C=O) groups excluding carboxylic acids is 1. The van der Waals surface area contributed by atoms with E-state index in [2.05, 4.69) is 15.1 Å². The molecule has 1 amide bonds. The Labute approximate surface area is 169 Å². The van der Waals surface area contributed by atoms with E-state index in [1.165, 1.54) is 12.8 Å². The van der Waals surface area contributed by atoms with Gasteiger partial charge in [0.1, 0.15) is 11.6 Å². The Kier molecular flexibility index (Phi) is 4.54. The molecule has 3 aromatic rings. The van der Waals surface area contributed by atoms with E-state index < -0.39 is 0 Å². The molecule has 8 nitrogen and oxygen atoms in total. The molecule has 3 heterocycles. The third kappa shape index (κ3) is 3.50. The predicted molar refractivity (Wildman–Crippen MR) is 108 cm³/mol. The molecule has 8 heteroatoms. The van der Waals surface area contributed by atoms with Crippen molar-refractivity contribution in [1.29, 1.82) is 0 Å². The molecule has 5 rings (SSSR count). The van der Waals surface area contributed by atoms with Crippen LogP contribution in [0, 0.1) is 0 Å². The Morgan fingerprint density at radius 3 is 2.62 bits per heavy atom. The number of para-hydroxylation sites is 1. The number of aromatic nitrogens is 4. The largest absolute Gasteiger partial charge is 0.496 e. The Hall–Kier alpha value is -3.16. The van der Waals surface area contributed by atoms with Crippen molar-refractivity contribution in [2.45, 2.75) is 25.2 Å². The summed E-state index contributed by atoms with van der Waals surface area (Å²) < 4.78 is 7.25. The number of nitrogens with zero attached hydrogens (tertiary/aromatic N) is 6. The molecule has 0 unspecified atom stereocenters. The number of ether oxygens (including phenoxy) is 1. The zero-order valence-corrected chi connectivity index (χ0v) is 16.5. The van der Waals surface area contributed by atoms with E-state index >= 15 is 0 Å². The van der Waals surface area contributed by atoms with E-state index in [1.54, 1.807) is 7.11 Å². The van der Waals surface area contributed by atoms with Gasteiger partial charge in [-0.25, -0.2) is 0 Å². The number of hydrogen-bond donors (Lipinski definition) is 0. The average molecular weight is 392 g/mol. The number of methoxy groups -OCH3 is 1. The van der Waals surface area contributed by atoms with Gasteiger partial charge in [0, 0.05) is 37.7 Å². The number of anilines is 1. The second-order valence-corrected chi connectivity index (χ2v) is 7.65. The summed E-state index contributed by atoms with van der Waals surface area (Å²) >= 11 is 0. The van der Waals surface area contributed by atoms with Crippen molar-refractivity contribution in [3.63, 3.8) is 0 Å². The van der Waals surface area contributed by atoms with E-state index in [0.717, 1.165) is 41.7 Å². The van der Waals surface area contributed by atoms with Crippen LogP contribution >= 0.6 is 0 Å². The van der Waals surface area contributed by atoms with Gasteiger partial charge in [0.2, 0.25) is 5.91 Å². The zero-order chi connectivity index (χ0) is 19.8. The SMILES string of the molecule is COc1ccccc1CC(=O)N1CCN(c2ccc3nnc(C4CC4)n3n2)CC1. The Bertz CT molecular complexity index is 1040. The van der Waals surface area contributed by atoms with Crippen molar-refractivity contribution < 1.29 is 9.53 Å². The van der Waals surface area contributed by atoms with Crippen molar-refractivity contribution in [1.82, 2.24) is 24.7 Å². The van der Waals surface area contributed by atoms with Crippen LogP contribution in [0.4, 0.5) is 5.82 Å². The van der Waals surface area contributed by atoms with Crippen LogP contribution in [0.15, 0.2) is 36.4 Å². The van der Waals surface area contributed by atoms with Gasteiger partial charge in [0.05, 0.1) is 13.5 Å². The lowest BCUT2D eigenvalue weighted by Crippen LogP contribution is -2.49. The first-order valence-corrected chi connectivity index (χ1v) is 10.1. The maximum Gasteiger partial charge on any atom is 0.227 e. The summed E-state index contributed by atoms with van der Waals surface area (Å²) in [7, 11) is 1.64. The molecule has 1 aromatic carbocycles. The average Bonchev–Trinajstić information content (AvgIpc) is 3.52. The molecule has 1 saturated heterocycles. The van der Waals surface area contributed by atoms with Crippen LogP contribution < -0.4 is 9.64 Å². The first-order chi connectivity index (χ1) is 14.2. The Morgan fingerprint density at radius 2 is 1.86 bits per heavy atom. The normalized spacial score (nSPS) is 17.0. The lowest BCUT2D eigenvalue weighted by atomic mass is 10.1. The lowest BCUT2D eigenvalue weighted by molar-refractivity contribution is -0.130. The molecule has 1 saturated carbocycles. The minimum atomic E-state index is 0.132. The minimum Gasteiger partial charge on any atom is -0.496 e. The lowest BCUT2D eigenvalue weighted by Gasteiger charge is -2.35. The fraction of sp³-hybridized carbons (Fsp3) is 0.429. The molecule has 1 aliphatic carbocycles. The monoisotopic (exact) mass is 392 g/mol. The first-order valence-electron chi connectivity index (χ1n) is 10.1. The van der Waals surface area contributed by atoms with Gasteiger partial charge in [-0.15, -0.1) is 15.3 Å². The second kappa shape index (κ2) is 7.35. The number of benzene rings is 1. The van der Waals surface area contributed by atoms with Crippen molar-refractivity contribution in [3.05, 3.63) is 47.8 Å². The van der Waals surface area contributed by atoms with Gasteiger partial charge in [-0.3, -0.25) is 4.79 Å². The molecule has 150 valence electrons. The van der Waals surface area contributed by atoms with Crippen LogP contribution in [-0.4, -0.2) is 63.9 Å². The Morgan fingerprint density at radius 1 is 1.07 bits per heavy atom. The number of fused-ring (bicyclic) bond motifs is 1. The van der Waals surface area contributed by atoms with Crippen LogP contribution in [0.5, 0.6) is 5.75 Å². The van der Waals surface area contributed by atoms with E-state index in [1.807, 2.05) is 45.8 Å². The molecular formula is C21H24N6O2. The predicted octanol–water partition coefficient (Wildman–Crippen LogP) is 1.90. The fourth-order valence-corrected chi connectivity index (χ4v) is 3.87. The molecule has 0 N–H and O–H groups in total. The van der Waals surface area contributed by atoms with Gasteiger partial charge >= 0.3 is 0 Å². The third-order valence-electron chi connectivity index (χ3n) is 5.71. The Balaban J connectivity index is 1.25. The topological polar surface area (TPSA) is 75.9 Å². The van der Waals surface area contributed by atoms with Crippen molar-refractivity contribution >= 4 is 17.4 Å². The van der Waals surface area contributed by atoms with Crippen LogP contribution in [0.3, 0.4) is 0 Å². The van der Waals surface area contributed by atoms with Crippen molar-refractivity contribution in [2.75, 3.05) is 38.2 Å². The van der Waals surface area contributed by atoms with Gasteiger partial charge in [-0.2, -0.15) is 4.52 Å². The highest BCUT2D eigenvalue weighted by Crippen LogP contribution is 2.38. The highest BCUT2D eigenvalue weighted by atomic mass is 16.5. The van der Waals surface area contributed by atoms with Crippen LogP contribution in [-0.2, 0) is 11.2 Å². The molecular weight excluding hydrogens is 368 g/mol. The van der Waals surface area contributed by atoms with Gasteiger partial charge in [-0.1, -0.05) is 18.2 Å². The summed E-state index contributed by atoms with van der Waals surface area (Å²) in [6.07, 6.45) is 2.69. The van der Waals surface area contributed by atoms with Crippen LogP contribution in [0.2, 0.25) is 0 Å². The van der Waals surface area contributed by atoms with E-state index in [0.29, 0.717) is 25.4 Å². The summed E-state index contributed by atoms with van der Waals surface area (Å²) in [6.45, 7) is 2.89. The number of hydrogen-bond acceptors (Lipinski definition) is 6. The molecule has 0 bridgehead atoms. The molecule has 2 fully saturated rings. The summed E-state index contributed by atoms with van der Waals surface area (Å²) in [4.78, 5) is 16.9. The summed E-state index contributed by atoms with van der Waals surface area (Å²) in [5.41, 5.74) is 1.72. The van der Waals surface area contributed by atoms with E-state index in [4.69, 9.17) is 9.84 Å². The van der Waals surface area contributed by atoms with E-state index in [9.17, 15) is 4.79 Å². The second-order valence-electron chi connectivity index (χ2n) is 7.65. The maximum absolute atomic E-state index is 12.8. The fourth-order valence-electron chi connectivity index (χ4n) is 3.87. The van der Waals surface area contributed by atoms with Crippen LogP contribution in [0.1, 0.15) is 30.1 Å². The molecule has 0 atom stereocenters. The highest BCUT2D eigenvalue weighted by molar-refractivity contribution is 5.79. The van der Waals surface area contributed by atoms with Crippen molar-refractivity contribution in [3.8, 4) is 5.75 Å². The minimum absolute atomic E-state index is 0.132. The molecule has 2 aromatic heterocycles. The molecule has 0 spiro atoms. The number of carbonyl (C=O) groups is 1. The molecule has 29 heavy (non-hydrogen) atoms. The van der Waals surface area contributed by atoms with Gasteiger partial charge in [-0.05, 0) is 31.0 Å². The highest BCUT2D eigenvalue weighted by Gasteiger charge is 2.30. The first kappa shape index (κ1) is 17.9. The molecule has 1 aliphatic heterocycles. The number of piperazine rings is 1. The maximum atomic E-state index is 12.8. The summed E-state index contributed by atoms with van der Waals surface area (Å²) in [5, 5.41) is 13.3. The van der Waals surface area contributed by atoms with Crippen LogP contribution in [0.25, 0.3) is 5.65 Å².